The first-order chi connectivity index (χ1) is 24.2. The van der Waals surface area contributed by atoms with Gasteiger partial charge in [0.2, 0.25) is 0 Å². The fourth-order valence-corrected chi connectivity index (χ4v) is 10.5. The zero-order chi connectivity index (χ0) is 36.6. The number of nitrogens with zero attached hydrogens (tertiary/aromatic N) is 4. The molecule has 0 N–H and O–H groups in total. The molecular weight excluding hydrogens is 672 g/mol. The maximum Gasteiger partial charge on any atom is 0.410 e. The Morgan fingerprint density at radius 3 is 2.27 bits per heavy atom. The molecule has 3 heterocycles. The van der Waals surface area contributed by atoms with Crippen molar-refractivity contribution >= 4 is 27.6 Å². The summed E-state index contributed by atoms with van der Waals surface area (Å²) in [5, 5.41) is -0.637. The van der Waals surface area contributed by atoms with Gasteiger partial charge < -0.3 is 29.0 Å². The van der Waals surface area contributed by atoms with E-state index < -0.39 is 32.3 Å². The average molecular weight is 723 g/mol. The second kappa shape index (κ2) is 14.7. The van der Waals surface area contributed by atoms with Crippen LogP contribution in [-0.2, 0) is 29.6 Å². The molecule has 0 spiro atoms. The Morgan fingerprint density at radius 2 is 1.67 bits per heavy atom. The number of carbonyl (C=O) groups excluding carboxylic acids is 2. The van der Waals surface area contributed by atoms with Crippen molar-refractivity contribution in [1.82, 2.24) is 9.80 Å². The van der Waals surface area contributed by atoms with Crippen molar-refractivity contribution in [2.24, 2.45) is 23.7 Å². The van der Waals surface area contributed by atoms with E-state index in [1.165, 1.54) is 24.1 Å². The summed E-state index contributed by atoms with van der Waals surface area (Å²) in [6.07, 6.45) is 4.14. The van der Waals surface area contributed by atoms with Crippen LogP contribution in [-0.4, -0.2) is 94.1 Å². The molecule has 0 radical (unpaired) electrons. The maximum atomic E-state index is 14.6. The summed E-state index contributed by atoms with van der Waals surface area (Å²) in [5.74, 6) is -0.0462. The maximum absolute atomic E-state index is 14.6. The van der Waals surface area contributed by atoms with Crippen molar-refractivity contribution < 1.29 is 31.9 Å². The molecule has 1 saturated carbocycles. The number of likely N-dealkylation sites (tertiary alicyclic amines) is 2. The zero-order valence-corrected chi connectivity index (χ0v) is 31.0. The van der Waals surface area contributed by atoms with Gasteiger partial charge in [0.05, 0.1) is 12.0 Å². The van der Waals surface area contributed by atoms with Crippen LogP contribution >= 0.6 is 0 Å². The number of benzene rings is 2. The Kier molecular flexibility index (Phi) is 10.7. The third kappa shape index (κ3) is 7.75. The molecule has 276 valence electrons. The number of methoxy groups -OCH3 is 1. The zero-order valence-electron chi connectivity index (χ0n) is 30.2. The molecule has 2 aromatic rings. The molecule has 0 unspecified atom stereocenters. The molecule has 3 saturated heterocycles. The van der Waals surface area contributed by atoms with E-state index in [1.54, 1.807) is 39.0 Å². The summed E-state index contributed by atoms with van der Waals surface area (Å²) in [6, 6.07) is 13.6. The smallest absolute Gasteiger partial charge is 0.410 e. The van der Waals surface area contributed by atoms with Crippen molar-refractivity contribution in [2.75, 3.05) is 57.8 Å². The van der Waals surface area contributed by atoms with Gasteiger partial charge in [0.15, 0.2) is 9.84 Å². The first-order valence-corrected chi connectivity index (χ1v) is 19.8. The lowest BCUT2D eigenvalue weighted by molar-refractivity contribution is -0.142. The fourth-order valence-electron chi connectivity index (χ4n) is 8.85. The highest BCUT2D eigenvalue weighted by molar-refractivity contribution is 7.92. The van der Waals surface area contributed by atoms with Gasteiger partial charge in [0, 0.05) is 68.1 Å². The SMILES string of the molecule is [C-]#[N+][C@@](c1cccc(F)c1)(C1CCN(CC2CN(c3ccc(S(=O)(=O)C4CN(C(=O)OC(C)(C)C)C4)cc3)C2)CC1)[C@H]1CCC[C@@H]1CC(=O)OC. The topological polar surface area (TPSA) is 101 Å². The molecule has 0 aromatic heterocycles. The minimum Gasteiger partial charge on any atom is -0.469 e. The van der Waals surface area contributed by atoms with Crippen LogP contribution in [0, 0.1) is 36.1 Å². The summed E-state index contributed by atoms with van der Waals surface area (Å²) in [5.41, 5.74) is 0.214. The standard InChI is InChI=1S/C39H51FN4O6S/c1-38(2,3)50-37(46)44-25-34(26-44)51(47,48)33-14-12-32(13-15-33)43-23-27(24-43)22-42-18-16-29(17-19-42)39(41-4,30-9-7-10-31(40)21-30)35-11-6-8-28(35)20-36(45)49-5/h7,9-10,12-15,21,27-29,34-35H,6,8,11,16-20,22-26H2,1-3,5H3/t28-,35+,39-/m1/s1. The Labute approximate surface area is 302 Å². The molecular formula is C39H51FN4O6S. The van der Waals surface area contributed by atoms with Crippen LogP contribution in [0.2, 0.25) is 0 Å². The van der Waals surface area contributed by atoms with E-state index in [9.17, 15) is 22.4 Å². The molecule has 10 nitrogen and oxygen atoms in total. The number of hydrogen-bond acceptors (Lipinski definition) is 8. The number of sulfone groups is 1. The molecule has 1 aliphatic carbocycles. The second-order valence-corrected chi connectivity index (χ2v) is 18.1. The summed E-state index contributed by atoms with van der Waals surface area (Å²) in [6.45, 7) is 18.6. The van der Waals surface area contributed by atoms with E-state index in [0.717, 1.165) is 76.1 Å². The molecule has 3 aliphatic heterocycles. The van der Waals surface area contributed by atoms with Crippen LogP contribution < -0.4 is 4.90 Å². The minimum absolute atomic E-state index is 0.0327. The third-order valence-corrected chi connectivity index (χ3v) is 13.6. The highest BCUT2D eigenvalue weighted by Gasteiger charge is 2.58. The van der Waals surface area contributed by atoms with Crippen molar-refractivity contribution in [2.45, 2.75) is 80.6 Å². The van der Waals surface area contributed by atoms with Crippen LogP contribution in [0.5, 0.6) is 0 Å². The summed E-state index contributed by atoms with van der Waals surface area (Å²) in [7, 11) is -2.15. The molecule has 1 amide bonds. The fraction of sp³-hybridized carbons (Fsp3) is 0.615. The quantitative estimate of drug-likeness (QED) is 0.213. The van der Waals surface area contributed by atoms with Gasteiger partial charge in [0.25, 0.3) is 5.54 Å². The number of ether oxygens (including phenoxy) is 2. The van der Waals surface area contributed by atoms with Gasteiger partial charge in [0.1, 0.15) is 16.7 Å². The summed E-state index contributed by atoms with van der Waals surface area (Å²) < 4.78 is 51.4. The number of carbonyl (C=O) groups is 2. The Morgan fingerprint density at radius 1 is 0.980 bits per heavy atom. The lowest BCUT2D eigenvalue weighted by Crippen LogP contribution is -2.57. The highest BCUT2D eigenvalue weighted by Crippen LogP contribution is 2.54. The highest BCUT2D eigenvalue weighted by atomic mass is 32.2. The lowest BCUT2D eigenvalue weighted by Gasteiger charge is -2.46. The largest absolute Gasteiger partial charge is 0.469 e. The van der Waals surface area contributed by atoms with Gasteiger partial charge >= 0.3 is 12.1 Å². The van der Waals surface area contributed by atoms with E-state index in [0.29, 0.717) is 12.3 Å². The predicted octanol–water partition coefficient (Wildman–Crippen LogP) is 6.16. The molecule has 12 heteroatoms. The minimum atomic E-state index is -3.56. The van der Waals surface area contributed by atoms with Gasteiger partial charge in [-0.05, 0) is 102 Å². The van der Waals surface area contributed by atoms with E-state index in [1.807, 2.05) is 18.2 Å². The Bertz CT molecular complexity index is 1720. The molecule has 3 atom stereocenters. The van der Waals surface area contributed by atoms with Gasteiger partial charge in [-0.25, -0.2) is 24.2 Å². The number of esters is 1. The van der Waals surface area contributed by atoms with Crippen molar-refractivity contribution in [3.05, 3.63) is 71.3 Å². The van der Waals surface area contributed by atoms with Crippen molar-refractivity contribution in [3.63, 3.8) is 0 Å². The number of rotatable bonds is 10. The van der Waals surface area contributed by atoms with Crippen LogP contribution in [0.15, 0.2) is 53.4 Å². The second-order valence-electron chi connectivity index (χ2n) is 15.9. The van der Waals surface area contributed by atoms with Crippen molar-refractivity contribution in [1.29, 1.82) is 0 Å². The van der Waals surface area contributed by atoms with E-state index in [-0.39, 0.29) is 47.5 Å². The Hall–Kier alpha value is -3.69. The monoisotopic (exact) mass is 722 g/mol. The number of hydrogen-bond donors (Lipinski definition) is 0. The molecule has 6 rings (SSSR count). The molecule has 4 aliphatic rings. The summed E-state index contributed by atoms with van der Waals surface area (Å²) >= 11 is 0. The average Bonchev–Trinajstić information content (AvgIpc) is 3.50. The van der Waals surface area contributed by atoms with Gasteiger partial charge in [-0.15, -0.1) is 0 Å². The number of anilines is 1. The lowest BCUT2D eigenvalue weighted by atomic mass is 9.63. The summed E-state index contributed by atoms with van der Waals surface area (Å²) in [4.78, 5) is 35.4. The predicted molar refractivity (Wildman–Crippen MR) is 192 cm³/mol. The first-order valence-electron chi connectivity index (χ1n) is 18.2. The molecule has 51 heavy (non-hydrogen) atoms. The van der Waals surface area contributed by atoms with Crippen LogP contribution in [0.3, 0.4) is 0 Å². The Balaban J connectivity index is 1.02. The van der Waals surface area contributed by atoms with E-state index >= 15 is 0 Å². The van der Waals surface area contributed by atoms with Crippen molar-refractivity contribution in [3.8, 4) is 0 Å². The normalized spacial score (nSPS) is 23.5. The van der Waals surface area contributed by atoms with Gasteiger partial charge in [-0.1, -0.05) is 18.6 Å². The number of amides is 1. The molecule has 4 fully saturated rings. The van der Waals surface area contributed by atoms with Gasteiger partial charge in [-0.2, -0.15) is 0 Å². The van der Waals surface area contributed by atoms with E-state index in [2.05, 4.69) is 14.6 Å². The van der Waals surface area contributed by atoms with E-state index in [4.69, 9.17) is 16.0 Å². The van der Waals surface area contributed by atoms with Gasteiger partial charge in [-0.3, -0.25) is 4.79 Å². The van der Waals surface area contributed by atoms with Crippen LogP contribution in [0.4, 0.5) is 14.9 Å². The van der Waals surface area contributed by atoms with Crippen LogP contribution in [0.1, 0.15) is 64.9 Å². The molecule has 0 bridgehead atoms. The number of piperidine rings is 1. The third-order valence-electron chi connectivity index (χ3n) is 11.5. The number of halogens is 1. The molecule has 2 aromatic carbocycles. The van der Waals surface area contributed by atoms with Crippen LogP contribution in [0.25, 0.3) is 4.85 Å². The first kappa shape index (κ1) is 37.1.